The molecule has 2 N–H and O–H groups in total. The average molecular weight is 248 g/mol. The first-order chi connectivity index (χ1) is 8.61. The van der Waals surface area contributed by atoms with Gasteiger partial charge in [0.2, 0.25) is 5.95 Å². The smallest absolute Gasteiger partial charge is 0.307 e. The van der Waals surface area contributed by atoms with Gasteiger partial charge in [-0.05, 0) is 25.5 Å². The van der Waals surface area contributed by atoms with Crippen LogP contribution in [-0.2, 0) is 16.1 Å². The lowest BCUT2D eigenvalue weighted by atomic mass is 10.3. The SMILES string of the molecule is CCOC(=O)CCn1c(N)nc2cc(C)cnc21. The van der Waals surface area contributed by atoms with Gasteiger partial charge in [-0.2, -0.15) is 0 Å². The first-order valence-corrected chi connectivity index (χ1v) is 5.85. The molecule has 0 bridgehead atoms. The average Bonchev–Trinajstić information content (AvgIpc) is 2.61. The first kappa shape index (κ1) is 12.3. The van der Waals surface area contributed by atoms with Crippen LogP contribution < -0.4 is 5.73 Å². The summed E-state index contributed by atoms with van der Waals surface area (Å²) in [7, 11) is 0. The second-order valence-corrected chi connectivity index (χ2v) is 4.03. The minimum atomic E-state index is -0.245. The number of aryl methyl sites for hydroxylation is 2. The number of imidazole rings is 1. The molecule has 2 aromatic rings. The van der Waals surface area contributed by atoms with Gasteiger partial charge in [0.05, 0.1) is 13.0 Å². The molecule has 2 rings (SSSR count). The van der Waals surface area contributed by atoms with Crippen LogP contribution in [0.2, 0.25) is 0 Å². The van der Waals surface area contributed by atoms with E-state index >= 15 is 0 Å². The maximum absolute atomic E-state index is 11.3. The molecule has 6 nitrogen and oxygen atoms in total. The number of anilines is 1. The van der Waals surface area contributed by atoms with Crippen LogP contribution in [0.25, 0.3) is 11.2 Å². The summed E-state index contributed by atoms with van der Waals surface area (Å²) in [6.07, 6.45) is 2.02. The van der Waals surface area contributed by atoms with Crippen LogP contribution in [-0.4, -0.2) is 27.1 Å². The molecule has 0 aliphatic rings. The van der Waals surface area contributed by atoms with Crippen LogP contribution >= 0.6 is 0 Å². The molecule has 0 unspecified atom stereocenters. The van der Waals surface area contributed by atoms with Crippen LogP contribution in [0.5, 0.6) is 0 Å². The van der Waals surface area contributed by atoms with Crippen LogP contribution in [0.4, 0.5) is 5.95 Å². The Morgan fingerprint density at radius 3 is 3.06 bits per heavy atom. The van der Waals surface area contributed by atoms with Gasteiger partial charge in [-0.25, -0.2) is 9.97 Å². The highest BCUT2D eigenvalue weighted by atomic mass is 16.5. The topological polar surface area (TPSA) is 83.0 Å². The molecular weight excluding hydrogens is 232 g/mol. The maximum Gasteiger partial charge on any atom is 0.307 e. The minimum Gasteiger partial charge on any atom is -0.466 e. The Kier molecular flexibility index (Phi) is 3.45. The highest BCUT2D eigenvalue weighted by Crippen LogP contribution is 2.17. The summed E-state index contributed by atoms with van der Waals surface area (Å²) in [6.45, 7) is 4.54. The van der Waals surface area contributed by atoms with Crippen LogP contribution in [0.15, 0.2) is 12.3 Å². The zero-order chi connectivity index (χ0) is 13.1. The molecule has 0 aliphatic heterocycles. The van der Waals surface area contributed by atoms with Gasteiger partial charge in [0, 0.05) is 12.7 Å². The van der Waals surface area contributed by atoms with Gasteiger partial charge in [-0.3, -0.25) is 9.36 Å². The lowest BCUT2D eigenvalue weighted by Crippen LogP contribution is -2.11. The van der Waals surface area contributed by atoms with E-state index in [9.17, 15) is 4.79 Å². The van der Waals surface area contributed by atoms with Crippen molar-refractivity contribution < 1.29 is 9.53 Å². The number of hydrogen-bond donors (Lipinski definition) is 1. The fourth-order valence-corrected chi connectivity index (χ4v) is 1.79. The van der Waals surface area contributed by atoms with Crippen molar-refractivity contribution in [3.05, 3.63) is 17.8 Å². The van der Waals surface area contributed by atoms with Gasteiger partial charge in [0.1, 0.15) is 5.52 Å². The van der Waals surface area contributed by atoms with E-state index < -0.39 is 0 Å². The number of fused-ring (bicyclic) bond motifs is 1. The van der Waals surface area contributed by atoms with E-state index in [4.69, 9.17) is 10.5 Å². The molecule has 96 valence electrons. The van der Waals surface area contributed by atoms with E-state index in [0.29, 0.717) is 24.7 Å². The van der Waals surface area contributed by atoms with Gasteiger partial charge in [-0.1, -0.05) is 0 Å². The van der Waals surface area contributed by atoms with Crippen molar-refractivity contribution in [2.75, 3.05) is 12.3 Å². The van der Waals surface area contributed by atoms with Crippen molar-refractivity contribution in [2.24, 2.45) is 0 Å². The van der Waals surface area contributed by atoms with E-state index in [1.165, 1.54) is 0 Å². The van der Waals surface area contributed by atoms with E-state index in [1.807, 2.05) is 13.0 Å². The molecule has 0 saturated heterocycles. The minimum absolute atomic E-state index is 0.245. The quantitative estimate of drug-likeness (QED) is 0.824. The van der Waals surface area contributed by atoms with E-state index in [2.05, 4.69) is 9.97 Å². The van der Waals surface area contributed by atoms with Crippen LogP contribution in [0.1, 0.15) is 18.9 Å². The fourth-order valence-electron chi connectivity index (χ4n) is 1.79. The lowest BCUT2D eigenvalue weighted by molar-refractivity contribution is -0.143. The number of aromatic nitrogens is 3. The highest BCUT2D eigenvalue weighted by Gasteiger charge is 2.11. The Hall–Kier alpha value is -2.11. The molecule has 0 aromatic carbocycles. The normalized spacial score (nSPS) is 10.8. The number of pyridine rings is 1. The Labute approximate surface area is 105 Å². The van der Waals surface area contributed by atoms with Gasteiger partial charge in [0.25, 0.3) is 0 Å². The summed E-state index contributed by atoms with van der Waals surface area (Å²) in [6, 6.07) is 1.92. The molecule has 0 amide bonds. The molecule has 0 aliphatic carbocycles. The Morgan fingerprint density at radius 2 is 2.33 bits per heavy atom. The predicted molar refractivity (Wildman–Crippen MR) is 67.9 cm³/mol. The molecule has 6 heteroatoms. The van der Waals surface area contributed by atoms with Crippen molar-refractivity contribution >= 4 is 23.1 Å². The van der Waals surface area contributed by atoms with Crippen molar-refractivity contribution in [1.82, 2.24) is 14.5 Å². The molecule has 0 radical (unpaired) electrons. The summed E-state index contributed by atoms with van der Waals surface area (Å²) < 4.78 is 6.61. The number of nitrogen functional groups attached to an aromatic ring is 1. The van der Waals surface area contributed by atoms with Gasteiger partial charge >= 0.3 is 5.97 Å². The zero-order valence-corrected chi connectivity index (χ0v) is 10.5. The molecular formula is C12H16N4O2. The molecule has 0 fully saturated rings. The molecule has 0 atom stereocenters. The Balaban J connectivity index is 2.22. The molecule has 0 saturated carbocycles. The molecule has 0 spiro atoms. The van der Waals surface area contributed by atoms with Crippen LogP contribution in [0.3, 0.4) is 0 Å². The van der Waals surface area contributed by atoms with Crippen molar-refractivity contribution in [3.8, 4) is 0 Å². The van der Waals surface area contributed by atoms with E-state index in [0.717, 1.165) is 11.1 Å². The van der Waals surface area contributed by atoms with E-state index in [-0.39, 0.29) is 12.4 Å². The number of nitrogens with two attached hydrogens (primary N) is 1. The summed E-state index contributed by atoms with van der Waals surface area (Å²) >= 11 is 0. The largest absolute Gasteiger partial charge is 0.466 e. The Bertz CT molecular complexity index is 577. The Morgan fingerprint density at radius 1 is 1.56 bits per heavy atom. The number of rotatable bonds is 4. The van der Waals surface area contributed by atoms with Crippen LogP contribution in [0, 0.1) is 6.92 Å². The third-order valence-corrected chi connectivity index (χ3v) is 2.60. The third kappa shape index (κ3) is 2.42. The monoisotopic (exact) mass is 248 g/mol. The summed E-state index contributed by atoms with van der Waals surface area (Å²) in [5.41, 5.74) is 8.29. The second kappa shape index (κ2) is 5.03. The molecule has 18 heavy (non-hydrogen) atoms. The van der Waals surface area contributed by atoms with Crippen molar-refractivity contribution in [2.45, 2.75) is 26.8 Å². The van der Waals surface area contributed by atoms with Gasteiger partial charge < -0.3 is 10.5 Å². The summed E-state index contributed by atoms with van der Waals surface area (Å²) in [5.74, 6) is 0.123. The summed E-state index contributed by atoms with van der Waals surface area (Å²) in [4.78, 5) is 19.8. The number of hydrogen-bond acceptors (Lipinski definition) is 5. The number of esters is 1. The standard InChI is InChI=1S/C12H16N4O2/c1-3-18-10(17)4-5-16-11-9(15-12(16)13)6-8(2)7-14-11/h6-7H,3-5H2,1-2H3,(H2,13,15). The number of nitrogens with zero attached hydrogens (tertiary/aromatic N) is 3. The predicted octanol–water partition coefficient (Wildman–Crippen LogP) is 1.28. The van der Waals surface area contributed by atoms with Gasteiger partial charge in [0.15, 0.2) is 5.65 Å². The number of carbonyl (C=O) groups excluding carboxylic acids is 1. The summed E-state index contributed by atoms with van der Waals surface area (Å²) in [5, 5.41) is 0. The number of carbonyl (C=O) groups is 1. The first-order valence-electron chi connectivity index (χ1n) is 5.85. The van der Waals surface area contributed by atoms with Crippen molar-refractivity contribution in [1.29, 1.82) is 0 Å². The zero-order valence-electron chi connectivity index (χ0n) is 10.5. The fraction of sp³-hybridized carbons (Fsp3) is 0.417. The third-order valence-electron chi connectivity index (χ3n) is 2.60. The second-order valence-electron chi connectivity index (χ2n) is 4.03. The van der Waals surface area contributed by atoms with E-state index in [1.54, 1.807) is 17.7 Å². The lowest BCUT2D eigenvalue weighted by Gasteiger charge is -2.05. The van der Waals surface area contributed by atoms with Gasteiger partial charge in [-0.15, -0.1) is 0 Å². The van der Waals surface area contributed by atoms with Crippen molar-refractivity contribution in [3.63, 3.8) is 0 Å². The highest BCUT2D eigenvalue weighted by molar-refractivity contribution is 5.75. The number of ether oxygens (including phenoxy) is 1. The maximum atomic E-state index is 11.3. The molecule has 2 heterocycles. The molecule has 2 aromatic heterocycles.